The molecule has 1 aliphatic carbocycles. The van der Waals surface area contributed by atoms with Crippen molar-refractivity contribution in [2.45, 2.75) is 19.4 Å². The first-order valence-electron chi connectivity index (χ1n) is 14.6. The highest BCUT2D eigenvalue weighted by Gasteiger charge is 2.45. The third-order valence-electron chi connectivity index (χ3n) is 8.78. The zero-order chi connectivity index (χ0) is 31.8. The van der Waals surface area contributed by atoms with Crippen LogP contribution in [-0.4, -0.2) is 56.8 Å². The van der Waals surface area contributed by atoms with Gasteiger partial charge < -0.3 is 15.2 Å². The Morgan fingerprint density at radius 3 is 2.33 bits per heavy atom. The average Bonchev–Trinajstić information content (AvgIpc) is 3.30. The second-order valence-corrected chi connectivity index (χ2v) is 12.2. The summed E-state index contributed by atoms with van der Waals surface area (Å²) in [4.78, 5) is 44.1. The number of hydrogen-bond donors (Lipinski definition) is 2. The van der Waals surface area contributed by atoms with Crippen LogP contribution in [0.5, 0.6) is 5.88 Å². The maximum Gasteiger partial charge on any atom is 0.307 e. The molecule has 2 fully saturated rings. The van der Waals surface area contributed by atoms with Crippen molar-refractivity contribution in [3.63, 3.8) is 0 Å². The molecule has 10 nitrogen and oxygen atoms in total. The van der Waals surface area contributed by atoms with Gasteiger partial charge in [-0.2, -0.15) is 5.10 Å². The molecule has 1 saturated carbocycles. The van der Waals surface area contributed by atoms with E-state index in [2.05, 4.69) is 15.3 Å². The van der Waals surface area contributed by atoms with E-state index in [1.54, 1.807) is 25.3 Å². The summed E-state index contributed by atoms with van der Waals surface area (Å²) in [6.07, 6.45) is 3.28. The van der Waals surface area contributed by atoms with Gasteiger partial charge >= 0.3 is 5.97 Å². The Balaban J connectivity index is 1.25. The van der Waals surface area contributed by atoms with Gasteiger partial charge in [-0.25, -0.2) is 9.67 Å². The number of carbonyl (C=O) groups is 2. The first kappa shape index (κ1) is 30.8. The van der Waals surface area contributed by atoms with Crippen LogP contribution in [0.25, 0.3) is 22.4 Å². The summed E-state index contributed by atoms with van der Waals surface area (Å²) in [6, 6.07) is 16.0. The quantitative estimate of drug-likeness (QED) is 0.252. The molecule has 2 N–H and O–H groups in total. The lowest BCUT2D eigenvalue weighted by Gasteiger charge is -2.36. The molecule has 1 aliphatic heterocycles. The van der Waals surface area contributed by atoms with Crippen molar-refractivity contribution >= 4 is 40.8 Å². The monoisotopic (exact) mass is 647 g/mol. The van der Waals surface area contributed by atoms with Crippen LogP contribution in [0, 0.1) is 17.8 Å². The van der Waals surface area contributed by atoms with Crippen LogP contribution in [0.1, 0.15) is 28.8 Å². The summed E-state index contributed by atoms with van der Waals surface area (Å²) in [5.74, 6) is -0.720. The predicted molar refractivity (Wildman–Crippen MR) is 172 cm³/mol. The van der Waals surface area contributed by atoms with Crippen LogP contribution in [0.4, 0.5) is 5.69 Å². The van der Waals surface area contributed by atoms with E-state index in [0.29, 0.717) is 45.5 Å². The molecule has 2 aromatic carbocycles. The lowest BCUT2D eigenvalue weighted by Crippen LogP contribution is -2.44. The van der Waals surface area contributed by atoms with Gasteiger partial charge in [0.1, 0.15) is 5.56 Å². The molecule has 6 rings (SSSR count). The van der Waals surface area contributed by atoms with Gasteiger partial charge in [0.2, 0.25) is 5.88 Å². The first-order chi connectivity index (χ1) is 21.7. The molecule has 2 atom stereocenters. The minimum Gasteiger partial charge on any atom is -0.481 e. The molecule has 3 heterocycles. The predicted octanol–water partition coefficient (Wildman–Crippen LogP) is 5.62. The maximum atomic E-state index is 12.9. The number of benzene rings is 2. The van der Waals surface area contributed by atoms with E-state index in [9.17, 15) is 19.5 Å². The van der Waals surface area contributed by atoms with Crippen LogP contribution >= 0.6 is 23.2 Å². The number of rotatable bonds is 8. The summed E-state index contributed by atoms with van der Waals surface area (Å²) >= 11 is 13.8. The van der Waals surface area contributed by atoms with E-state index in [-0.39, 0.29) is 28.3 Å². The largest absolute Gasteiger partial charge is 0.481 e. The Labute approximate surface area is 269 Å². The number of likely N-dealkylation sites (tertiary alicyclic amines) is 1. The van der Waals surface area contributed by atoms with Crippen molar-refractivity contribution < 1.29 is 19.4 Å². The number of nitrogens with zero attached hydrogens (tertiary/aromatic N) is 4. The molecule has 2 unspecified atom stereocenters. The van der Waals surface area contributed by atoms with Gasteiger partial charge in [0.05, 0.1) is 34.5 Å². The molecule has 2 aromatic heterocycles. The topological polar surface area (TPSA) is 127 Å². The van der Waals surface area contributed by atoms with Gasteiger partial charge in [-0.05, 0) is 42.9 Å². The van der Waals surface area contributed by atoms with E-state index in [4.69, 9.17) is 32.9 Å². The number of amides is 1. The fraction of sp³-hybridized carbons (Fsp3) is 0.303. The zero-order valence-electron chi connectivity index (χ0n) is 24.7. The number of fused-ring (bicyclic) bond motifs is 2. The summed E-state index contributed by atoms with van der Waals surface area (Å²) in [7, 11) is 3.05. The highest BCUT2D eigenvalue weighted by Crippen LogP contribution is 2.44. The Kier molecular flexibility index (Phi) is 8.63. The Morgan fingerprint density at radius 1 is 0.978 bits per heavy atom. The van der Waals surface area contributed by atoms with Gasteiger partial charge in [0.15, 0.2) is 0 Å². The highest BCUT2D eigenvalue weighted by atomic mass is 35.5. The number of nitrogens with one attached hydrogen (secondary N) is 1. The number of piperidine rings is 1. The van der Waals surface area contributed by atoms with Gasteiger partial charge in [0, 0.05) is 55.1 Å². The number of methoxy groups -OCH3 is 1. The van der Waals surface area contributed by atoms with E-state index >= 15 is 0 Å². The van der Waals surface area contributed by atoms with Crippen molar-refractivity contribution in [1.82, 2.24) is 19.7 Å². The van der Waals surface area contributed by atoms with Crippen LogP contribution in [0.3, 0.4) is 0 Å². The minimum absolute atomic E-state index is 0.0606. The summed E-state index contributed by atoms with van der Waals surface area (Å²) in [6.45, 7) is 2.10. The van der Waals surface area contributed by atoms with Crippen LogP contribution in [0.15, 0.2) is 65.6 Å². The lowest BCUT2D eigenvalue weighted by atomic mass is 9.85. The Bertz CT molecular complexity index is 1850. The number of carboxylic acid groups (broad SMARTS) is 1. The average molecular weight is 649 g/mol. The number of aromatic nitrogens is 3. The van der Waals surface area contributed by atoms with Crippen molar-refractivity contribution in [1.29, 1.82) is 0 Å². The highest BCUT2D eigenvalue weighted by molar-refractivity contribution is 6.39. The molecule has 4 aromatic rings. The van der Waals surface area contributed by atoms with Crippen LogP contribution < -0.4 is 15.6 Å². The third-order valence-corrected chi connectivity index (χ3v) is 9.60. The van der Waals surface area contributed by atoms with Gasteiger partial charge in [0.25, 0.3) is 11.5 Å². The van der Waals surface area contributed by atoms with Crippen molar-refractivity contribution in [2.75, 3.05) is 25.5 Å². The standard InChI is InChI=1S/C33H31Cl2N5O5/c1-39-32(42)24(13-14-36-39)30(41)37-26-8-4-6-22(29(26)35)21-5-3-7-23(28(21)34)25-12-11-20(31(38-25)45-2)17-40-15-18-9-10-19(16-40)27(18)33(43)44/h3-8,11-14,18-19,27H,9-10,15-17H2,1-2H3,(H,37,41)(H,43,44). The number of aliphatic carboxylic acids is 1. The second-order valence-electron chi connectivity index (χ2n) is 11.5. The number of pyridine rings is 1. The molecular weight excluding hydrogens is 617 g/mol. The molecule has 12 heteroatoms. The number of aryl methyl sites for hydroxylation is 1. The number of halogens is 2. The molecule has 1 saturated heterocycles. The number of carbonyl (C=O) groups excluding carboxylic acids is 1. The van der Waals surface area contributed by atoms with Crippen molar-refractivity contribution in [2.24, 2.45) is 24.8 Å². The first-order valence-corrected chi connectivity index (χ1v) is 15.3. The minimum atomic E-state index is -0.681. The summed E-state index contributed by atoms with van der Waals surface area (Å²) < 4.78 is 6.78. The second kappa shape index (κ2) is 12.6. The summed E-state index contributed by atoms with van der Waals surface area (Å²) in [5.41, 5.74) is 3.16. The molecule has 2 aliphatic rings. The molecular formula is C33H31Cl2N5O5. The third kappa shape index (κ3) is 5.93. The fourth-order valence-electron chi connectivity index (χ4n) is 6.65. The number of carboxylic acids is 1. The van der Waals surface area contributed by atoms with Crippen molar-refractivity contribution in [3.8, 4) is 28.3 Å². The molecule has 2 bridgehead atoms. The SMILES string of the molecule is COc1nc(-c2cccc(-c3cccc(NC(=O)c4ccnn(C)c4=O)c3Cl)c2Cl)ccc1CN1CC2CCC(C1)C2C(=O)O. The maximum absolute atomic E-state index is 12.9. The van der Waals surface area contributed by atoms with E-state index in [1.807, 2.05) is 30.3 Å². The van der Waals surface area contributed by atoms with Gasteiger partial charge in [-0.1, -0.05) is 59.6 Å². The van der Waals surface area contributed by atoms with E-state index < -0.39 is 17.4 Å². The van der Waals surface area contributed by atoms with Crippen molar-refractivity contribution in [3.05, 3.63) is 92.3 Å². The Hall–Kier alpha value is -4.25. The fourth-order valence-corrected chi connectivity index (χ4v) is 7.25. The molecule has 232 valence electrons. The van der Waals surface area contributed by atoms with E-state index in [1.165, 1.54) is 19.3 Å². The normalized spacial score (nSPS) is 19.3. The van der Waals surface area contributed by atoms with E-state index in [0.717, 1.165) is 36.2 Å². The molecule has 0 radical (unpaired) electrons. The number of ether oxygens (including phenoxy) is 1. The van der Waals surface area contributed by atoms with Gasteiger partial charge in [-0.15, -0.1) is 0 Å². The zero-order valence-corrected chi connectivity index (χ0v) is 26.2. The number of hydrogen-bond acceptors (Lipinski definition) is 7. The van der Waals surface area contributed by atoms with Crippen LogP contribution in [0.2, 0.25) is 10.0 Å². The smallest absolute Gasteiger partial charge is 0.307 e. The lowest BCUT2D eigenvalue weighted by molar-refractivity contribution is -0.146. The molecule has 1 amide bonds. The van der Waals surface area contributed by atoms with Gasteiger partial charge in [-0.3, -0.25) is 19.3 Å². The number of anilines is 1. The Morgan fingerprint density at radius 2 is 1.64 bits per heavy atom. The van der Waals surface area contributed by atoms with Crippen LogP contribution in [-0.2, 0) is 18.4 Å². The molecule has 45 heavy (non-hydrogen) atoms. The molecule has 0 spiro atoms. The summed E-state index contributed by atoms with van der Waals surface area (Å²) in [5, 5.41) is 16.9.